The van der Waals surface area contributed by atoms with Gasteiger partial charge in [-0.1, -0.05) is 12.1 Å². The molecule has 3 rings (SSSR count). The van der Waals surface area contributed by atoms with Crippen LogP contribution in [0.3, 0.4) is 0 Å². The molecule has 0 radical (unpaired) electrons. The number of nitrogens with one attached hydrogen (secondary N) is 2. The second-order valence-electron chi connectivity index (χ2n) is 6.47. The molecule has 8 nitrogen and oxygen atoms in total. The van der Waals surface area contributed by atoms with E-state index in [4.69, 9.17) is 14.2 Å². The van der Waals surface area contributed by atoms with E-state index in [2.05, 4.69) is 10.6 Å². The molecule has 154 valence electrons. The Balaban J connectivity index is 1.64. The number of carbonyl (C=O) groups is 2. The van der Waals surface area contributed by atoms with Crippen molar-refractivity contribution in [1.82, 2.24) is 5.32 Å². The van der Waals surface area contributed by atoms with Gasteiger partial charge in [0, 0.05) is 24.7 Å². The highest BCUT2D eigenvalue weighted by atomic mass is 16.5. The summed E-state index contributed by atoms with van der Waals surface area (Å²) in [5.41, 5.74) is 1.27. The number of nitrogens with zero attached hydrogens (tertiary/aromatic N) is 1. The highest BCUT2D eigenvalue weighted by molar-refractivity contribution is 5.98. The molecule has 2 aromatic rings. The lowest BCUT2D eigenvalue weighted by Crippen LogP contribution is -2.39. The first-order chi connectivity index (χ1) is 14.0. The molecule has 0 saturated carbocycles. The first kappa shape index (κ1) is 20.3. The van der Waals surface area contributed by atoms with Crippen LogP contribution in [0.15, 0.2) is 42.5 Å². The quantitative estimate of drug-likeness (QED) is 0.747. The van der Waals surface area contributed by atoms with E-state index in [-0.39, 0.29) is 24.4 Å². The molecule has 0 unspecified atom stereocenters. The number of rotatable bonds is 7. The highest BCUT2D eigenvalue weighted by Crippen LogP contribution is 2.33. The lowest BCUT2D eigenvalue weighted by atomic mass is 10.2. The molecule has 1 aliphatic heterocycles. The van der Waals surface area contributed by atoms with Crippen LogP contribution in [-0.2, 0) is 4.79 Å². The zero-order valence-corrected chi connectivity index (χ0v) is 16.7. The van der Waals surface area contributed by atoms with Gasteiger partial charge in [-0.2, -0.15) is 0 Å². The topological polar surface area (TPSA) is 89.1 Å². The molecule has 1 saturated heterocycles. The number of carbonyl (C=O) groups excluding carboxylic acids is 2. The zero-order chi connectivity index (χ0) is 20.8. The Bertz CT molecular complexity index is 886. The van der Waals surface area contributed by atoms with Gasteiger partial charge < -0.3 is 29.7 Å². The Kier molecular flexibility index (Phi) is 6.43. The minimum absolute atomic E-state index is 0.0720. The van der Waals surface area contributed by atoms with Crippen LogP contribution in [0.2, 0.25) is 0 Å². The normalized spacial score (nSPS) is 15.8. The number of hydrogen-bond acceptors (Lipinski definition) is 5. The molecule has 29 heavy (non-hydrogen) atoms. The van der Waals surface area contributed by atoms with Crippen molar-refractivity contribution in [2.75, 3.05) is 37.6 Å². The summed E-state index contributed by atoms with van der Waals surface area (Å²) >= 11 is 0. The molecule has 0 aromatic heterocycles. The predicted octanol–water partition coefficient (Wildman–Crippen LogP) is 3.03. The van der Waals surface area contributed by atoms with Crippen molar-refractivity contribution in [3.63, 3.8) is 0 Å². The van der Waals surface area contributed by atoms with Crippen LogP contribution in [0.4, 0.5) is 16.2 Å². The minimum atomic E-state index is -0.385. The fourth-order valence-corrected chi connectivity index (χ4v) is 3.24. The van der Waals surface area contributed by atoms with Gasteiger partial charge in [0.25, 0.3) is 0 Å². The molecular formula is C21H25N3O5. The molecule has 1 fully saturated rings. The predicted molar refractivity (Wildman–Crippen MR) is 110 cm³/mol. The number of urea groups is 1. The summed E-state index contributed by atoms with van der Waals surface area (Å²) in [7, 11) is 3.10. The third-order valence-electron chi connectivity index (χ3n) is 4.57. The monoisotopic (exact) mass is 399 g/mol. The molecular weight excluding hydrogens is 374 g/mol. The summed E-state index contributed by atoms with van der Waals surface area (Å²) < 4.78 is 16.1. The van der Waals surface area contributed by atoms with Crippen LogP contribution in [0.1, 0.15) is 13.3 Å². The van der Waals surface area contributed by atoms with Gasteiger partial charge in [0.1, 0.15) is 5.75 Å². The van der Waals surface area contributed by atoms with Crippen LogP contribution < -0.4 is 29.7 Å². The summed E-state index contributed by atoms with van der Waals surface area (Å²) in [6.07, 6.45) is 0.217. The first-order valence-corrected chi connectivity index (χ1v) is 9.37. The summed E-state index contributed by atoms with van der Waals surface area (Å²) in [4.78, 5) is 26.5. The summed E-state index contributed by atoms with van der Waals surface area (Å²) in [6, 6.07) is 11.8. The van der Waals surface area contributed by atoms with E-state index in [1.807, 2.05) is 19.1 Å². The van der Waals surface area contributed by atoms with Crippen LogP contribution >= 0.6 is 0 Å². The molecule has 0 spiro atoms. The van der Waals surface area contributed by atoms with Gasteiger partial charge in [0.15, 0.2) is 11.5 Å². The van der Waals surface area contributed by atoms with E-state index >= 15 is 0 Å². The van der Waals surface area contributed by atoms with Crippen LogP contribution in [0, 0.1) is 0 Å². The molecule has 8 heteroatoms. The average molecular weight is 399 g/mol. The van der Waals surface area contributed by atoms with E-state index in [1.165, 1.54) is 0 Å². The van der Waals surface area contributed by atoms with E-state index in [9.17, 15) is 9.59 Å². The fraction of sp³-hybridized carbons (Fsp3) is 0.333. The maximum absolute atomic E-state index is 12.5. The van der Waals surface area contributed by atoms with Crippen molar-refractivity contribution in [1.29, 1.82) is 0 Å². The number of methoxy groups -OCH3 is 2. The number of anilines is 2. The Hall–Kier alpha value is -3.42. The van der Waals surface area contributed by atoms with E-state index < -0.39 is 0 Å². The molecule has 2 aromatic carbocycles. The summed E-state index contributed by atoms with van der Waals surface area (Å²) in [5.74, 6) is 1.65. The number of benzene rings is 2. The molecule has 1 aliphatic rings. The number of ether oxygens (including phenoxy) is 3. The van der Waals surface area contributed by atoms with Crippen molar-refractivity contribution in [3.8, 4) is 17.2 Å². The van der Waals surface area contributed by atoms with Gasteiger partial charge in [-0.3, -0.25) is 4.79 Å². The van der Waals surface area contributed by atoms with E-state index in [1.54, 1.807) is 49.5 Å². The molecule has 3 amide bonds. The zero-order valence-electron chi connectivity index (χ0n) is 16.7. The fourth-order valence-electron chi connectivity index (χ4n) is 3.24. The third-order valence-corrected chi connectivity index (χ3v) is 4.57. The maximum Gasteiger partial charge on any atom is 0.319 e. The maximum atomic E-state index is 12.5. The van der Waals surface area contributed by atoms with E-state index in [0.29, 0.717) is 41.8 Å². The van der Waals surface area contributed by atoms with Crippen molar-refractivity contribution >= 4 is 23.3 Å². The van der Waals surface area contributed by atoms with Gasteiger partial charge in [-0.15, -0.1) is 0 Å². The number of hydrogen-bond donors (Lipinski definition) is 2. The average Bonchev–Trinajstić information content (AvgIpc) is 3.08. The molecule has 1 heterocycles. The lowest BCUT2D eigenvalue weighted by molar-refractivity contribution is -0.117. The molecule has 0 aliphatic carbocycles. The second kappa shape index (κ2) is 9.18. The standard InChI is InChI=1S/C21H25N3O5/c1-4-29-17-8-6-5-7-16(17)23-21(26)22-14-11-20(25)24(13-14)15-9-10-18(27-2)19(12-15)28-3/h5-10,12,14H,4,11,13H2,1-3H3,(H2,22,23,26)/t14-/m1/s1. The lowest BCUT2D eigenvalue weighted by Gasteiger charge is -2.19. The first-order valence-electron chi connectivity index (χ1n) is 9.37. The molecule has 2 N–H and O–H groups in total. The van der Waals surface area contributed by atoms with Crippen molar-refractivity contribution < 1.29 is 23.8 Å². The van der Waals surface area contributed by atoms with Gasteiger partial charge in [-0.05, 0) is 31.2 Å². The van der Waals surface area contributed by atoms with Gasteiger partial charge >= 0.3 is 6.03 Å². The largest absolute Gasteiger partial charge is 0.493 e. The van der Waals surface area contributed by atoms with Gasteiger partial charge in [-0.25, -0.2) is 4.79 Å². The molecule has 1 atom stereocenters. The van der Waals surface area contributed by atoms with Crippen LogP contribution in [-0.4, -0.2) is 45.4 Å². The Morgan fingerprint density at radius 3 is 2.59 bits per heavy atom. The smallest absolute Gasteiger partial charge is 0.319 e. The van der Waals surface area contributed by atoms with Crippen LogP contribution in [0.5, 0.6) is 17.2 Å². The van der Waals surface area contributed by atoms with Crippen molar-refractivity contribution in [3.05, 3.63) is 42.5 Å². The second-order valence-corrected chi connectivity index (χ2v) is 6.47. The molecule has 0 bridgehead atoms. The Morgan fingerprint density at radius 2 is 1.86 bits per heavy atom. The summed E-state index contributed by atoms with van der Waals surface area (Å²) in [6.45, 7) is 2.75. The highest BCUT2D eigenvalue weighted by Gasteiger charge is 2.32. The SMILES string of the molecule is CCOc1ccccc1NC(=O)N[C@@H]1CC(=O)N(c2ccc(OC)c(OC)c2)C1. The Labute approximate surface area is 169 Å². The number of amides is 3. The number of para-hydroxylation sites is 2. The van der Waals surface area contributed by atoms with Gasteiger partial charge in [0.2, 0.25) is 5.91 Å². The van der Waals surface area contributed by atoms with Crippen molar-refractivity contribution in [2.45, 2.75) is 19.4 Å². The van der Waals surface area contributed by atoms with E-state index in [0.717, 1.165) is 0 Å². The van der Waals surface area contributed by atoms with Crippen molar-refractivity contribution in [2.24, 2.45) is 0 Å². The third kappa shape index (κ3) is 4.71. The van der Waals surface area contributed by atoms with Crippen LogP contribution in [0.25, 0.3) is 0 Å². The Morgan fingerprint density at radius 1 is 1.10 bits per heavy atom. The van der Waals surface area contributed by atoms with Gasteiger partial charge in [0.05, 0.1) is 32.6 Å². The minimum Gasteiger partial charge on any atom is -0.493 e. The summed E-state index contributed by atoms with van der Waals surface area (Å²) in [5, 5.41) is 5.64.